The zero-order valence-corrected chi connectivity index (χ0v) is 15.7. The molecule has 0 saturated carbocycles. The van der Waals surface area contributed by atoms with Crippen molar-refractivity contribution in [2.75, 3.05) is 12.4 Å². The van der Waals surface area contributed by atoms with Gasteiger partial charge >= 0.3 is 0 Å². The van der Waals surface area contributed by atoms with Crippen molar-refractivity contribution in [1.29, 1.82) is 0 Å². The molecule has 1 amide bonds. The lowest BCUT2D eigenvalue weighted by atomic mass is 10.3. The van der Waals surface area contributed by atoms with Crippen molar-refractivity contribution in [1.82, 2.24) is 10.2 Å². The maximum Gasteiger partial charge on any atom is 0.277 e. The summed E-state index contributed by atoms with van der Waals surface area (Å²) in [5.41, 5.74) is 0.511. The molecule has 130 valence electrons. The lowest BCUT2D eigenvalue weighted by Crippen LogP contribution is -2.22. The van der Waals surface area contributed by atoms with Crippen molar-refractivity contribution >= 4 is 46.3 Å². The number of amides is 1. The first-order valence-electron chi connectivity index (χ1n) is 7.25. The highest BCUT2D eigenvalue weighted by Crippen LogP contribution is 2.31. The number of methoxy groups -OCH3 is 1. The number of halogens is 1. The van der Waals surface area contributed by atoms with Crippen LogP contribution in [0.4, 0.5) is 5.69 Å². The number of anilines is 1. The number of carbonyl (C=O) groups is 1. The number of thioether (sulfide) groups is 1. The number of benzene rings is 1. The standard InChI is InChI=1S/C16H14ClN3O3S2/c1-9(14(21)18-11-8-10(17)5-6-12(11)22-2)25-16-20-19-15(23-16)13-4-3-7-24-13/h3-9H,1-2H3,(H,18,21). The van der Waals surface area contributed by atoms with Gasteiger partial charge in [-0.2, -0.15) is 0 Å². The second-order valence-electron chi connectivity index (χ2n) is 4.94. The number of ether oxygens (including phenoxy) is 1. The average molecular weight is 396 g/mol. The van der Waals surface area contributed by atoms with Gasteiger partial charge in [-0.15, -0.1) is 21.5 Å². The maximum absolute atomic E-state index is 12.4. The van der Waals surface area contributed by atoms with E-state index in [2.05, 4.69) is 15.5 Å². The molecule has 2 heterocycles. The third kappa shape index (κ3) is 4.33. The Hall–Kier alpha value is -2.03. The van der Waals surface area contributed by atoms with Gasteiger partial charge in [-0.25, -0.2) is 0 Å². The molecule has 0 aliphatic heterocycles. The minimum absolute atomic E-state index is 0.221. The van der Waals surface area contributed by atoms with Crippen LogP contribution in [0.25, 0.3) is 10.8 Å². The van der Waals surface area contributed by atoms with E-state index in [0.29, 0.717) is 27.6 Å². The number of nitrogens with one attached hydrogen (secondary N) is 1. The Labute approximate surface area is 157 Å². The molecule has 0 bridgehead atoms. The van der Waals surface area contributed by atoms with E-state index in [9.17, 15) is 4.79 Å². The van der Waals surface area contributed by atoms with Gasteiger partial charge in [0.2, 0.25) is 5.91 Å². The smallest absolute Gasteiger partial charge is 0.277 e. The summed E-state index contributed by atoms with van der Waals surface area (Å²) in [7, 11) is 1.53. The normalized spacial score (nSPS) is 12.0. The van der Waals surface area contributed by atoms with E-state index >= 15 is 0 Å². The Morgan fingerprint density at radius 1 is 1.40 bits per heavy atom. The Balaban J connectivity index is 1.66. The first kappa shape index (κ1) is 17.8. The van der Waals surface area contributed by atoms with Gasteiger partial charge in [-0.05, 0) is 36.6 Å². The van der Waals surface area contributed by atoms with Crippen LogP contribution in [0, 0.1) is 0 Å². The molecule has 2 aromatic heterocycles. The molecule has 0 radical (unpaired) electrons. The van der Waals surface area contributed by atoms with E-state index in [-0.39, 0.29) is 5.91 Å². The minimum atomic E-state index is -0.444. The second kappa shape index (κ2) is 7.90. The highest BCUT2D eigenvalue weighted by Gasteiger charge is 2.20. The number of nitrogens with zero attached hydrogens (tertiary/aromatic N) is 2. The van der Waals surface area contributed by atoms with Gasteiger partial charge < -0.3 is 14.5 Å². The Kier molecular flexibility index (Phi) is 5.62. The van der Waals surface area contributed by atoms with E-state index < -0.39 is 5.25 Å². The molecule has 1 aromatic carbocycles. The predicted octanol–water partition coefficient (Wildman–Crippen LogP) is 4.58. The monoisotopic (exact) mass is 395 g/mol. The summed E-state index contributed by atoms with van der Waals surface area (Å²) < 4.78 is 10.8. The molecule has 0 aliphatic carbocycles. The van der Waals surface area contributed by atoms with Gasteiger partial charge in [0.05, 0.1) is 22.9 Å². The van der Waals surface area contributed by atoms with Crippen molar-refractivity contribution < 1.29 is 13.9 Å². The van der Waals surface area contributed by atoms with Gasteiger partial charge in [0.25, 0.3) is 11.1 Å². The molecule has 0 spiro atoms. The van der Waals surface area contributed by atoms with Crippen molar-refractivity contribution in [3.8, 4) is 16.5 Å². The lowest BCUT2D eigenvalue weighted by molar-refractivity contribution is -0.115. The zero-order valence-electron chi connectivity index (χ0n) is 13.4. The molecule has 3 rings (SSSR count). The highest BCUT2D eigenvalue weighted by atomic mass is 35.5. The number of rotatable bonds is 6. The van der Waals surface area contributed by atoms with E-state index in [1.165, 1.54) is 30.2 Å². The summed E-state index contributed by atoms with van der Waals surface area (Å²) in [6.45, 7) is 1.76. The first-order chi connectivity index (χ1) is 12.1. The fourth-order valence-corrected chi connectivity index (χ4v) is 3.47. The summed E-state index contributed by atoms with van der Waals surface area (Å²) in [6.07, 6.45) is 0. The van der Waals surface area contributed by atoms with Gasteiger partial charge in [0.15, 0.2) is 0 Å². The van der Waals surface area contributed by atoms with Crippen LogP contribution in [0.3, 0.4) is 0 Å². The number of aromatic nitrogens is 2. The molecule has 3 aromatic rings. The van der Waals surface area contributed by atoms with Crippen LogP contribution in [0.15, 0.2) is 45.4 Å². The number of hydrogen-bond acceptors (Lipinski definition) is 7. The molecule has 0 saturated heterocycles. The fraction of sp³-hybridized carbons (Fsp3) is 0.188. The zero-order chi connectivity index (χ0) is 17.8. The van der Waals surface area contributed by atoms with E-state index in [4.69, 9.17) is 20.8 Å². The van der Waals surface area contributed by atoms with Crippen molar-refractivity contribution in [3.05, 3.63) is 40.7 Å². The first-order valence-corrected chi connectivity index (χ1v) is 9.39. The predicted molar refractivity (Wildman–Crippen MR) is 99.6 cm³/mol. The summed E-state index contributed by atoms with van der Waals surface area (Å²) >= 11 is 8.67. The van der Waals surface area contributed by atoms with Crippen LogP contribution >= 0.6 is 34.7 Å². The Morgan fingerprint density at radius 3 is 2.96 bits per heavy atom. The molecule has 1 unspecified atom stereocenters. The molecular formula is C16H14ClN3O3S2. The van der Waals surface area contributed by atoms with Crippen LogP contribution in [-0.2, 0) is 4.79 Å². The summed E-state index contributed by atoms with van der Waals surface area (Å²) in [5, 5.41) is 13.1. The van der Waals surface area contributed by atoms with Crippen molar-refractivity contribution in [2.24, 2.45) is 0 Å². The fourth-order valence-electron chi connectivity index (χ4n) is 1.97. The largest absolute Gasteiger partial charge is 0.495 e. The molecule has 9 heteroatoms. The molecular weight excluding hydrogens is 382 g/mol. The highest BCUT2D eigenvalue weighted by molar-refractivity contribution is 8.00. The maximum atomic E-state index is 12.4. The molecule has 0 fully saturated rings. The molecule has 0 aliphatic rings. The minimum Gasteiger partial charge on any atom is -0.495 e. The third-order valence-electron chi connectivity index (χ3n) is 3.20. The summed E-state index contributed by atoms with van der Waals surface area (Å²) in [4.78, 5) is 13.3. The summed E-state index contributed by atoms with van der Waals surface area (Å²) in [6, 6.07) is 8.83. The second-order valence-corrected chi connectivity index (χ2v) is 7.62. The van der Waals surface area contributed by atoms with Crippen molar-refractivity contribution in [3.63, 3.8) is 0 Å². The summed E-state index contributed by atoms with van der Waals surface area (Å²) in [5.74, 6) is 0.760. The number of hydrogen-bond donors (Lipinski definition) is 1. The molecule has 6 nitrogen and oxygen atoms in total. The SMILES string of the molecule is COc1ccc(Cl)cc1NC(=O)C(C)Sc1nnc(-c2cccs2)o1. The lowest BCUT2D eigenvalue weighted by Gasteiger charge is -2.13. The van der Waals surface area contributed by atoms with Crippen LogP contribution in [0.1, 0.15) is 6.92 Å². The van der Waals surface area contributed by atoms with Crippen LogP contribution in [-0.4, -0.2) is 28.5 Å². The molecule has 25 heavy (non-hydrogen) atoms. The Morgan fingerprint density at radius 2 is 2.24 bits per heavy atom. The van der Waals surface area contributed by atoms with E-state index in [1.807, 2.05) is 17.5 Å². The van der Waals surface area contributed by atoms with Gasteiger partial charge in [-0.1, -0.05) is 29.4 Å². The topological polar surface area (TPSA) is 77.2 Å². The average Bonchev–Trinajstić information content (AvgIpc) is 3.26. The van der Waals surface area contributed by atoms with E-state index in [0.717, 1.165) is 4.88 Å². The van der Waals surface area contributed by atoms with Gasteiger partial charge in [-0.3, -0.25) is 4.79 Å². The number of carbonyl (C=O) groups excluding carboxylic acids is 1. The number of thiophene rings is 1. The van der Waals surface area contributed by atoms with Gasteiger partial charge in [0.1, 0.15) is 5.75 Å². The Bertz CT molecular complexity index is 867. The van der Waals surface area contributed by atoms with Crippen LogP contribution < -0.4 is 10.1 Å². The van der Waals surface area contributed by atoms with Crippen molar-refractivity contribution in [2.45, 2.75) is 17.4 Å². The van der Waals surface area contributed by atoms with E-state index in [1.54, 1.807) is 25.1 Å². The van der Waals surface area contributed by atoms with Crippen LogP contribution in [0.2, 0.25) is 5.02 Å². The van der Waals surface area contributed by atoms with Crippen LogP contribution in [0.5, 0.6) is 5.75 Å². The third-order valence-corrected chi connectivity index (χ3v) is 5.23. The van der Waals surface area contributed by atoms with Gasteiger partial charge in [0, 0.05) is 5.02 Å². The molecule has 1 atom stereocenters. The quantitative estimate of drug-likeness (QED) is 0.615. The molecule has 1 N–H and O–H groups in total.